The Kier molecular flexibility index (Phi) is 6.08. The number of likely N-dealkylation sites (tertiary alicyclic amines) is 1. The van der Waals surface area contributed by atoms with Crippen LogP contribution >= 0.6 is 0 Å². The zero-order valence-corrected chi connectivity index (χ0v) is 20.5. The summed E-state index contributed by atoms with van der Waals surface area (Å²) in [4.78, 5) is 26.6. The third kappa shape index (κ3) is 3.97. The van der Waals surface area contributed by atoms with Crippen LogP contribution in [0.1, 0.15) is 29.5 Å². The van der Waals surface area contributed by atoms with Crippen LogP contribution in [0.4, 0.5) is 14.6 Å². The van der Waals surface area contributed by atoms with Crippen molar-refractivity contribution in [2.75, 3.05) is 26.0 Å². The number of carbonyl (C=O) groups is 1. The second-order valence-corrected chi connectivity index (χ2v) is 8.83. The van der Waals surface area contributed by atoms with Crippen molar-refractivity contribution in [1.82, 2.24) is 34.2 Å². The number of anilines is 1. The van der Waals surface area contributed by atoms with Crippen molar-refractivity contribution in [2.45, 2.75) is 25.4 Å². The van der Waals surface area contributed by atoms with Crippen LogP contribution in [-0.4, -0.2) is 66.4 Å². The first-order valence-electron chi connectivity index (χ1n) is 11.5. The number of nitrogens with two attached hydrogens (primary N) is 1. The van der Waals surface area contributed by atoms with Crippen molar-refractivity contribution in [3.05, 3.63) is 53.8 Å². The maximum absolute atomic E-state index is 15.2. The van der Waals surface area contributed by atoms with Gasteiger partial charge in [0, 0.05) is 26.8 Å². The van der Waals surface area contributed by atoms with Crippen LogP contribution in [0, 0.1) is 30.4 Å². The molecule has 1 saturated heterocycles. The van der Waals surface area contributed by atoms with Gasteiger partial charge >= 0.3 is 0 Å². The molecule has 2 N–H and O–H groups in total. The Balaban J connectivity index is 1.60. The van der Waals surface area contributed by atoms with Crippen LogP contribution in [0.3, 0.4) is 0 Å². The standard InChI is InChI=1S/C25H24F2N8O2/c1-5-20(36)34-10-14(8-15(34)11-37-4)35-25-21(24(28)29-12-30-25)18(32-35)7-6-16-17(26)9-19-23(22(16)27)31-13(2)33(19)3/h5,9,12,14-15H,1,8,10-11H2,2-4H3,(H2,28,29,30)/t14-,15+/m0/s1. The van der Waals surface area contributed by atoms with Crippen molar-refractivity contribution < 1.29 is 18.3 Å². The molecule has 0 unspecified atom stereocenters. The van der Waals surface area contributed by atoms with Crippen molar-refractivity contribution in [1.29, 1.82) is 0 Å². The highest BCUT2D eigenvalue weighted by molar-refractivity contribution is 5.91. The molecular formula is C25H24F2N8O2. The molecule has 37 heavy (non-hydrogen) atoms. The van der Waals surface area contributed by atoms with Crippen molar-refractivity contribution >= 4 is 33.8 Å². The number of ether oxygens (including phenoxy) is 1. The van der Waals surface area contributed by atoms with E-state index in [-0.39, 0.29) is 35.0 Å². The lowest BCUT2D eigenvalue weighted by molar-refractivity contribution is -0.127. The quantitative estimate of drug-likeness (QED) is 0.333. The molecule has 1 amide bonds. The van der Waals surface area contributed by atoms with Gasteiger partial charge in [-0.2, -0.15) is 5.10 Å². The summed E-state index contributed by atoms with van der Waals surface area (Å²) in [6.07, 6.45) is 3.10. The van der Waals surface area contributed by atoms with E-state index in [2.05, 4.69) is 38.5 Å². The molecule has 1 aliphatic rings. The summed E-state index contributed by atoms with van der Waals surface area (Å²) in [5.41, 5.74) is 6.64. The number of nitrogens with zero attached hydrogens (tertiary/aromatic N) is 7. The number of amides is 1. The molecule has 0 bridgehead atoms. The Bertz CT molecular complexity index is 1630. The SMILES string of the molecule is C=CC(=O)N1C[C@@H](n2nc(C#Cc3c(F)cc4c(nc(C)n4C)c3F)c3c(N)ncnc32)C[C@@H]1COC. The van der Waals surface area contributed by atoms with E-state index in [0.717, 1.165) is 0 Å². The highest BCUT2D eigenvalue weighted by atomic mass is 19.1. The largest absolute Gasteiger partial charge is 0.383 e. The smallest absolute Gasteiger partial charge is 0.246 e. The van der Waals surface area contributed by atoms with Gasteiger partial charge in [0.15, 0.2) is 11.5 Å². The van der Waals surface area contributed by atoms with Gasteiger partial charge in [0.1, 0.15) is 35.0 Å². The molecule has 0 saturated carbocycles. The third-order valence-corrected chi connectivity index (χ3v) is 6.67. The van der Waals surface area contributed by atoms with Crippen LogP contribution in [0.2, 0.25) is 0 Å². The van der Waals surface area contributed by atoms with E-state index in [1.165, 1.54) is 18.5 Å². The number of aryl methyl sites for hydroxylation is 2. The molecule has 4 heterocycles. The van der Waals surface area contributed by atoms with Gasteiger partial charge in [-0.25, -0.2) is 28.4 Å². The molecular weight excluding hydrogens is 482 g/mol. The summed E-state index contributed by atoms with van der Waals surface area (Å²) in [5, 5.41) is 4.96. The summed E-state index contributed by atoms with van der Waals surface area (Å²) >= 11 is 0. The predicted molar refractivity (Wildman–Crippen MR) is 132 cm³/mol. The fourth-order valence-electron chi connectivity index (χ4n) is 4.75. The monoisotopic (exact) mass is 506 g/mol. The third-order valence-electron chi connectivity index (χ3n) is 6.67. The van der Waals surface area contributed by atoms with Crippen LogP contribution in [-0.2, 0) is 16.6 Å². The van der Waals surface area contributed by atoms with E-state index >= 15 is 4.39 Å². The lowest BCUT2D eigenvalue weighted by Crippen LogP contribution is -2.37. The number of imidazole rings is 1. The fourth-order valence-corrected chi connectivity index (χ4v) is 4.75. The number of hydrogen-bond acceptors (Lipinski definition) is 7. The highest BCUT2D eigenvalue weighted by Gasteiger charge is 2.37. The first kappa shape index (κ1) is 24.3. The fraction of sp³-hybridized carbons (Fsp3) is 0.320. The molecule has 0 aliphatic carbocycles. The molecule has 4 aromatic rings. The number of nitrogen functional groups attached to an aromatic ring is 1. The van der Waals surface area contributed by atoms with Gasteiger partial charge in [-0.15, -0.1) is 0 Å². The number of carbonyl (C=O) groups excluding carboxylic acids is 1. The highest BCUT2D eigenvalue weighted by Crippen LogP contribution is 2.32. The first-order valence-corrected chi connectivity index (χ1v) is 11.5. The van der Waals surface area contributed by atoms with Crippen molar-refractivity contribution in [2.24, 2.45) is 7.05 Å². The van der Waals surface area contributed by atoms with Gasteiger partial charge in [-0.05, 0) is 25.3 Å². The Hall–Kier alpha value is -4.37. The predicted octanol–water partition coefficient (Wildman–Crippen LogP) is 2.26. The molecule has 190 valence electrons. The number of rotatable bonds is 4. The summed E-state index contributed by atoms with van der Waals surface area (Å²) in [6.45, 7) is 5.96. The van der Waals surface area contributed by atoms with E-state index in [9.17, 15) is 9.18 Å². The number of benzene rings is 1. The van der Waals surface area contributed by atoms with E-state index < -0.39 is 17.2 Å². The maximum Gasteiger partial charge on any atom is 0.246 e. The molecule has 0 spiro atoms. The van der Waals surface area contributed by atoms with Crippen LogP contribution in [0.15, 0.2) is 25.0 Å². The summed E-state index contributed by atoms with van der Waals surface area (Å²) in [6, 6.07) is 0.749. The van der Waals surface area contributed by atoms with Crippen LogP contribution in [0.5, 0.6) is 0 Å². The lowest BCUT2D eigenvalue weighted by atomic mass is 10.1. The number of aromatic nitrogens is 6. The second-order valence-electron chi connectivity index (χ2n) is 8.83. The first-order chi connectivity index (χ1) is 17.7. The van der Waals surface area contributed by atoms with Gasteiger partial charge in [0.2, 0.25) is 5.91 Å². The van der Waals surface area contributed by atoms with E-state index in [0.29, 0.717) is 41.9 Å². The van der Waals surface area contributed by atoms with Gasteiger partial charge in [-0.3, -0.25) is 4.79 Å². The Labute approximate surface area is 210 Å². The second kappa shape index (κ2) is 9.25. The van der Waals surface area contributed by atoms with Gasteiger partial charge in [-0.1, -0.05) is 12.5 Å². The minimum Gasteiger partial charge on any atom is -0.383 e. The molecule has 12 heteroatoms. The van der Waals surface area contributed by atoms with E-state index in [1.807, 2.05) is 0 Å². The number of methoxy groups -OCH3 is 1. The lowest BCUT2D eigenvalue weighted by Gasteiger charge is -2.22. The summed E-state index contributed by atoms with van der Waals surface area (Å²) in [7, 11) is 3.25. The molecule has 5 rings (SSSR count). The molecule has 1 fully saturated rings. The van der Waals surface area contributed by atoms with Gasteiger partial charge < -0.3 is 19.9 Å². The Morgan fingerprint density at radius 2 is 2.14 bits per heavy atom. The van der Waals surface area contributed by atoms with Crippen LogP contribution in [0.25, 0.3) is 22.1 Å². The topological polar surface area (TPSA) is 117 Å². The minimum absolute atomic E-state index is 0.0334. The number of hydrogen-bond donors (Lipinski definition) is 1. The van der Waals surface area contributed by atoms with E-state index in [4.69, 9.17) is 10.5 Å². The molecule has 1 aliphatic heterocycles. The van der Waals surface area contributed by atoms with Crippen molar-refractivity contribution in [3.63, 3.8) is 0 Å². The molecule has 1 aromatic carbocycles. The Morgan fingerprint density at radius 3 is 2.86 bits per heavy atom. The van der Waals surface area contributed by atoms with Gasteiger partial charge in [0.05, 0.1) is 35.2 Å². The average Bonchev–Trinajstić information content (AvgIpc) is 3.54. The average molecular weight is 507 g/mol. The summed E-state index contributed by atoms with van der Waals surface area (Å²) in [5.74, 6) is 4.12. The molecule has 2 atom stereocenters. The number of fused-ring (bicyclic) bond motifs is 2. The van der Waals surface area contributed by atoms with Crippen LogP contribution < -0.4 is 5.73 Å². The normalized spacial score (nSPS) is 17.4. The minimum atomic E-state index is -0.851. The Morgan fingerprint density at radius 1 is 1.35 bits per heavy atom. The van der Waals surface area contributed by atoms with Crippen molar-refractivity contribution in [3.8, 4) is 11.8 Å². The van der Waals surface area contributed by atoms with E-state index in [1.54, 1.807) is 35.2 Å². The zero-order valence-electron chi connectivity index (χ0n) is 20.5. The maximum atomic E-state index is 15.2. The van der Waals surface area contributed by atoms with Gasteiger partial charge in [0.25, 0.3) is 0 Å². The molecule has 10 nitrogen and oxygen atoms in total. The zero-order chi connectivity index (χ0) is 26.4. The molecule has 0 radical (unpaired) electrons. The number of halogens is 2. The molecule has 3 aromatic heterocycles. The summed E-state index contributed by atoms with van der Waals surface area (Å²) < 4.78 is 38.6.